The number of halogens is 1. The van der Waals surface area contributed by atoms with Crippen molar-refractivity contribution in [2.75, 3.05) is 5.32 Å². The number of sulfonamides is 1. The SMILES string of the molecule is CCc1ccc(CC(=O)Nc2ccc(S(N)(=O)=O)cc2)cc1Oc1cc(Cl)ccc1C#N. The van der Waals surface area contributed by atoms with E-state index in [9.17, 15) is 18.5 Å². The normalized spacial score (nSPS) is 10.9. The Morgan fingerprint density at radius 1 is 1.09 bits per heavy atom. The lowest BCUT2D eigenvalue weighted by Crippen LogP contribution is -2.15. The van der Waals surface area contributed by atoms with Crippen molar-refractivity contribution in [3.05, 3.63) is 82.4 Å². The van der Waals surface area contributed by atoms with Crippen molar-refractivity contribution < 1.29 is 17.9 Å². The molecule has 7 nitrogen and oxygen atoms in total. The minimum absolute atomic E-state index is 0.0369. The van der Waals surface area contributed by atoms with Crippen LogP contribution in [0, 0.1) is 11.3 Å². The van der Waals surface area contributed by atoms with Gasteiger partial charge in [0.05, 0.1) is 16.9 Å². The zero-order chi connectivity index (χ0) is 23.3. The van der Waals surface area contributed by atoms with Crippen molar-refractivity contribution in [2.24, 2.45) is 5.14 Å². The summed E-state index contributed by atoms with van der Waals surface area (Å²) in [5.41, 5.74) is 2.41. The van der Waals surface area contributed by atoms with Gasteiger partial charge in [0.2, 0.25) is 15.9 Å². The highest BCUT2D eigenvalue weighted by Crippen LogP contribution is 2.31. The second-order valence-corrected chi connectivity index (χ2v) is 8.94. The maximum Gasteiger partial charge on any atom is 0.238 e. The highest BCUT2D eigenvalue weighted by molar-refractivity contribution is 7.89. The van der Waals surface area contributed by atoms with Gasteiger partial charge in [-0.1, -0.05) is 30.7 Å². The van der Waals surface area contributed by atoms with Crippen LogP contribution in [0.3, 0.4) is 0 Å². The van der Waals surface area contributed by atoms with Crippen LogP contribution in [0.4, 0.5) is 5.69 Å². The van der Waals surface area contributed by atoms with Crippen LogP contribution in [0.5, 0.6) is 11.5 Å². The molecule has 0 bridgehead atoms. The second kappa shape index (κ2) is 9.83. The number of nitriles is 1. The molecular weight excluding hydrogens is 450 g/mol. The Bertz CT molecular complexity index is 1300. The largest absolute Gasteiger partial charge is 0.456 e. The van der Waals surface area contributed by atoms with Crippen molar-refractivity contribution in [3.8, 4) is 17.6 Å². The molecule has 3 rings (SSSR count). The summed E-state index contributed by atoms with van der Waals surface area (Å²) in [5.74, 6) is 0.587. The zero-order valence-corrected chi connectivity index (χ0v) is 18.7. The van der Waals surface area contributed by atoms with E-state index in [0.29, 0.717) is 39.8 Å². The molecule has 32 heavy (non-hydrogen) atoms. The van der Waals surface area contributed by atoms with Crippen molar-refractivity contribution >= 4 is 33.2 Å². The summed E-state index contributed by atoms with van der Waals surface area (Å²) in [7, 11) is -3.80. The van der Waals surface area contributed by atoms with Gasteiger partial charge in [0.25, 0.3) is 0 Å². The number of anilines is 1. The number of hydrogen-bond acceptors (Lipinski definition) is 5. The van der Waals surface area contributed by atoms with Crippen LogP contribution in [0.25, 0.3) is 0 Å². The third-order valence-electron chi connectivity index (χ3n) is 4.63. The van der Waals surface area contributed by atoms with Gasteiger partial charge < -0.3 is 10.1 Å². The fraction of sp³-hybridized carbons (Fsp3) is 0.130. The number of carbonyl (C=O) groups is 1. The fourth-order valence-corrected chi connectivity index (χ4v) is 3.68. The molecule has 0 aliphatic carbocycles. The van der Waals surface area contributed by atoms with Gasteiger partial charge in [0.1, 0.15) is 17.6 Å². The van der Waals surface area contributed by atoms with Gasteiger partial charge in [-0.2, -0.15) is 5.26 Å². The molecule has 0 atom stereocenters. The first-order chi connectivity index (χ1) is 15.2. The van der Waals surface area contributed by atoms with E-state index in [2.05, 4.69) is 11.4 Å². The smallest absolute Gasteiger partial charge is 0.238 e. The van der Waals surface area contributed by atoms with Crippen molar-refractivity contribution in [1.82, 2.24) is 0 Å². The van der Waals surface area contributed by atoms with E-state index < -0.39 is 10.0 Å². The average molecular weight is 470 g/mol. The van der Waals surface area contributed by atoms with E-state index in [1.807, 2.05) is 19.1 Å². The lowest BCUT2D eigenvalue weighted by molar-refractivity contribution is -0.115. The van der Waals surface area contributed by atoms with E-state index in [0.717, 1.165) is 5.56 Å². The van der Waals surface area contributed by atoms with Crippen molar-refractivity contribution in [1.29, 1.82) is 5.26 Å². The van der Waals surface area contributed by atoms with E-state index in [1.165, 1.54) is 24.3 Å². The molecule has 3 aromatic carbocycles. The quantitative estimate of drug-likeness (QED) is 0.531. The number of nitrogens with two attached hydrogens (primary N) is 1. The molecule has 3 aromatic rings. The summed E-state index contributed by atoms with van der Waals surface area (Å²) in [6, 6.07) is 17.9. The minimum atomic E-state index is -3.80. The number of amides is 1. The van der Waals surface area contributed by atoms with Gasteiger partial charge in [-0.25, -0.2) is 13.6 Å². The Morgan fingerprint density at radius 3 is 2.44 bits per heavy atom. The third kappa shape index (κ3) is 5.86. The summed E-state index contributed by atoms with van der Waals surface area (Å²) >= 11 is 6.04. The minimum Gasteiger partial charge on any atom is -0.456 e. The summed E-state index contributed by atoms with van der Waals surface area (Å²) in [6.45, 7) is 1.98. The van der Waals surface area contributed by atoms with Gasteiger partial charge in [0, 0.05) is 16.8 Å². The van der Waals surface area contributed by atoms with Crippen LogP contribution in [0.2, 0.25) is 5.02 Å². The Hall–Kier alpha value is -3.38. The number of rotatable bonds is 7. The number of aryl methyl sites for hydroxylation is 1. The van der Waals surface area contributed by atoms with E-state index in [1.54, 1.807) is 24.3 Å². The number of benzene rings is 3. The zero-order valence-electron chi connectivity index (χ0n) is 17.1. The molecule has 3 N–H and O–H groups in total. The van der Waals surface area contributed by atoms with Gasteiger partial charge in [-0.3, -0.25) is 4.79 Å². The summed E-state index contributed by atoms with van der Waals surface area (Å²) in [6.07, 6.45) is 0.763. The number of primary sulfonamides is 1. The summed E-state index contributed by atoms with van der Waals surface area (Å²) in [4.78, 5) is 12.4. The first-order valence-corrected chi connectivity index (χ1v) is 11.5. The predicted molar refractivity (Wildman–Crippen MR) is 122 cm³/mol. The van der Waals surface area contributed by atoms with E-state index >= 15 is 0 Å². The van der Waals surface area contributed by atoms with Gasteiger partial charge in [0.15, 0.2) is 0 Å². The maximum atomic E-state index is 12.5. The van der Waals surface area contributed by atoms with Gasteiger partial charge in [-0.15, -0.1) is 0 Å². The molecule has 164 valence electrons. The lowest BCUT2D eigenvalue weighted by atomic mass is 10.1. The average Bonchev–Trinajstić information content (AvgIpc) is 2.74. The van der Waals surface area contributed by atoms with E-state index in [4.69, 9.17) is 21.5 Å². The molecule has 0 radical (unpaired) electrons. The topological polar surface area (TPSA) is 122 Å². The van der Waals surface area contributed by atoms with Crippen molar-refractivity contribution in [2.45, 2.75) is 24.7 Å². The van der Waals surface area contributed by atoms with E-state index in [-0.39, 0.29) is 17.2 Å². The van der Waals surface area contributed by atoms with Crippen molar-refractivity contribution in [3.63, 3.8) is 0 Å². The lowest BCUT2D eigenvalue weighted by Gasteiger charge is -2.13. The fourth-order valence-electron chi connectivity index (χ4n) is 3.01. The molecule has 0 heterocycles. The predicted octanol–water partition coefficient (Wildman–Crippen LogP) is 4.39. The first kappa shape index (κ1) is 23.3. The monoisotopic (exact) mass is 469 g/mol. The first-order valence-electron chi connectivity index (χ1n) is 9.61. The number of carbonyl (C=O) groups excluding carboxylic acids is 1. The maximum absolute atomic E-state index is 12.5. The standard InChI is InChI=1S/C23H20ClN3O4S/c1-2-16-4-3-15(11-21(16)31-22-13-18(24)6-5-17(22)14-25)12-23(28)27-19-7-9-20(10-8-19)32(26,29)30/h3-11,13H,2,12H2,1H3,(H,27,28)(H2,26,29,30). The van der Waals surface area contributed by atoms with Crippen LogP contribution in [0.15, 0.2) is 65.6 Å². The van der Waals surface area contributed by atoms with Crippen LogP contribution in [-0.4, -0.2) is 14.3 Å². The highest BCUT2D eigenvalue weighted by Gasteiger charge is 2.13. The van der Waals surface area contributed by atoms with Crippen LogP contribution in [-0.2, 0) is 27.7 Å². The van der Waals surface area contributed by atoms with Crippen LogP contribution in [0.1, 0.15) is 23.6 Å². The molecule has 9 heteroatoms. The highest BCUT2D eigenvalue weighted by atomic mass is 35.5. The molecular formula is C23H20ClN3O4S. The molecule has 0 aromatic heterocycles. The Morgan fingerprint density at radius 2 is 1.81 bits per heavy atom. The molecule has 0 unspecified atom stereocenters. The molecule has 0 aliphatic rings. The number of ether oxygens (including phenoxy) is 1. The molecule has 0 aliphatic heterocycles. The van der Waals surface area contributed by atoms with Gasteiger partial charge in [-0.05, 0) is 60.0 Å². The van der Waals surface area contributed by atoms with Gasteiger partial charge >= 0.3 is 0 Å². The Labute approximate surface area is 191 Å². The number of nitrogens with one attached hydrogen (secondary N) is 1. The number of hydrogen-bond donors (Lipinski definition) is 2. The summed E-state index contributed by atoms with van der Waals surface area (Å²) in [5, 5.41) is 17.6. The second-order valence-electron chi connectivity index (χ2n) is 6.94. The molecule has 0 saturated carbocycles. The van der Waals surface area contributed by atoms with Crippen LogP contribution >= 0.6 is 11.6 Å². The third-order valence-corrected chi connectivity index (χ3v) is 5.79. The molecule has 0 saturated heterocycles. The summed E-state index contributed by atoms with van der Waals surface area (Å²) < 4.78 is 28.7. The number of nitrogens with zero attached hydrogens (tertiary/aromatic N) is 1. The van der Waals surface area contributed by atoms with Crippen LogP contribution < -0.4 is 15.2 Å². The molecule has 0 spiro atoms. The Kier molecular flexibility index (Phi) is 7.15. The molecule has 0 fully saturated rings. The molecule has 1 amide bonds. The Balaban J connectivity index is 1.77.